The Balaban J connectivity index is 1.87. The van der Waals surface area contributed by atoms with Crippen LogP contribution >= 0.6 is 0 Å². The van der Waals surface area contributed by atoms with Crippen LogP contribution in [-0.4, -0.2) is 34.9 Å². The van der Waals surface area contributed by atoms with E-state index in [9.17, 15) is 14.7 Å². The van der Waals surface area contributed by atoms with Gasteiger partial charge in [0.1, 0.15) is 12.2 Å². The SMILES string of the molecule is CCCCCCCC(CCCCCCC)OC(=O)CCCC(O)(CCCC)CCCC(=O)OC(CCc1ccc(C)cc1)CCc1ccc(C)cc1. The number of hydrogen-bond acceptors (Lipinski definition) is 5. The Morgan fingerprint density at radius 2 is 0.885 bits per heavy atom. The summed E-state index contributed by atoms with van der Waals surface area (Å²) < 4.78 is 12.1. The van der Waals surface area contributed by atoms with Gasteiger partial charge in [0.25, 0.3) is 0 Å². The first-order chi connectivity index (χ1) is 25.2. The molecular formula is C47H76O5. The minimum Gasteiger partial charge on any atom is -0.462 e. The van der Waals surface area contributed by atoms with Crippen LogP contribution in [0.2, 0.25) is 0 Å². The van der Waals surface area contributed by atoms with Gasteiger partial charge < -0.3 is 14.6 Å². The molecule has 1 N–H and O–H groups in total. The van der Waals surface area contributed by atoms with E-state index in [1.54, 1.807) is 0 Å². The molecule has 0 aromatic heterocycles. The zero-order chi connectivity index (χ0) is 37.9. The number of hydrogen-bond donors (Lipinski definition) is 1. The normalized spacial score (nSPS) is 12.7. The maximum atomic E-state index is 13.2. The van der Waals surface area contributed by atoms with Gasteiger partial charge in [0, 0.05) is 12.8 Å². The number of aryl methyl sites for hydroxylation is 4. The molecule has 1 unspecified atom stereocenters. The highest BCUT2D eigenvalue weighted by Crippen LogP contribution is 2.28. The first-order valence-electron chi connectivity index (χ1n) is 21.4. The second-order valence-electron chi connectivity index (χ2n) is 15.7. The molecule has 0 aliphatic heterocycles. The summed E-state index contributed by atoms with van der Waals surface area (Å²) in [5.41, 5.74) is 4.11. The molecule has 0 amide bonds. The van der Waals surface area contributed by atoms with Crippen molar-refractivity contribution >= 4 is 11.9 Å². The molecule has 5 heteroatoms. The highest BCUT2D eigenvalue weighted by molar-refractivity contribution is 5.70. The maximum absolute atomic E-state index is 13.2. The summed E-state index contributed by atoms with van der Waals surface area (Å²) in [6.45, 7) is 10.8. The van der Waals surface area contributed by atoms with E-state index >= 15 is 0 Å². The topological polar surface area (TPSA) is 72.8 Å². The van der Waals surface area contributed by atoms with Gasteiger partial charge in [0.15, 0.2) is 0 Å². The Morgan fingerprint density at radius 3 is 1.29 bits per heavy atom. The molecule has 0 aliphatic carbocycles. The third kappa shape index (κ3) is 21.8. The van der Waals surface area contributed by atoms with Gasteiger partial charge in [-0.25, -0.2) is 0 Å². The molecule has 52 heavy (non-hydrogen) atoms. The lowest BCUT2D eigenvalue weighted by molar-refractivity contribution is -0.150. The molecule has 0 saturated heterocycles. The summed E-state index contributed by atoms with van der Waals surface area (Å²) in [4.78, 5) is 26.1. The second kappa shape index (κ2) is 27.9. The largest absolute Gasteiger partial charge is 0.462 e. The van der Waals surface area contributed by atoms with Gasteiger partial charge in [-0.05, 0) is 108 Å². The third-order valence-corrected chi connectivity index (χ3v) is 10.6. The molecule has 5 nitrogen and oxygen atoms in total. The molecule has 2 aromatic rings. The highest BCUT2D eigenvalue weighted by Gasteiger charge is 2.27. The molecule has 0 radical (unpaired) electrons. The lowest BCUT2D eigenvalue weighted by Gasteiger charge is -2.28. The number of ether oxygens (including phenoxy) is 2. The molecule has 1 atom stereocenters. The Kier molecular flexibility index (Phi) is 24.4. The quantitative estimate of drug-likeness (QED) is 0.0620. The fourth-order valence-corrected chi connectivity index (χ4v) is 7.13. The summed E-state index contributed by atoms with van der Waals surface area (Å²) in [6, 6.07) is 17.2. The summed E-state index contributed by atoms with van der Waals surface area (Å²) >= 11 is 0. The summed E-state index contributed by atoms with van der Waals surface area (Å²) in [5.74, 6) is -0.314. The predicted octanol–water partition coefficient (Wildman–Crippen LogP) is 12.7. The number of unbranched alkanes of at least 4 members (excludes halogenated alkanes) is 9. The number of carbonyl (C=O) groups excluding carboxylic acids is 2. The van der Waals surface area contributed by atoms with E-state index in [4.69, 9.17) is 9.47 Å². The number of esters is 2. The monoisotopic (exact) mass is 721 g/mol. The molecule has 2 rings (SSSR count). The van der Waals surface area contributed by atoms with Crippen molar-refractivity contribution < 1.29 is 24.2 Å². The fourth-order valence-electron chi connectivity index (χ4n) is 7.13. The van der Waals surface area contributed by atoms with Gasteiger partial charge in [0.2, 0.25) is 0 Å². The van der Waals surface area contributed by atoms with Gasteiger partial charge in [-0.1, -0.05) is 145 Å². The molecule has 2 aromatic carbocycles. The molecule has 0 spiro atoms. The Bertz CT molecular complexity index is 1130. The van der Waals surface area contributed by atoms with Crippen LogP contribution in [0.3, 0.4) is 0 Å². The number of aliphatic hydroxyl groups is 1. The van der Waals surface area contributed by atoms with Crippen molar-refractivity contribution in [3.63, 3.8) is 0 Å². The van der Waals surface area contributed by atoms with E-state index in [-0.39, 0.29) is 24.1 Å². The van der Waals surface area contributed by atoms with Crippen molar-refractivity contribution in [3.05, 3.63) is 70.8 Å². The molecule has 0 heterocycles. The average Bonchev–Trinajstić information content (AvgIpc) is 3.13. The van der Waals surface area contributed by atoms with Crippen molar-refractivity contribution in [1.29, 1.82) is 0 Å². The zero-order valence-electron chi connectivity index (χ0n) is 34.0. The van der Waals surface area contributed by atoms with E-state index in [1.165, 1.54) is 73.6 Å². The molecule has 0 bridgehead atoms. The van der Waals surface area contributed by atoms with E-state index in [2.05, 4.69) is 83.1 Å². The maximum Gasteiger partial charge on any atom is 0.306 e. The van der Waals surface area contributed by atoms with E-state index < -0.39 is 5.60 Å². The van der Waals surface area contributed by atoms with Crippen molar-refractivity contribution in [3.8, 4) is 0 Å². The molecule has 0 fully saturated rings. The fraction of sp³-hybridized carbons (Fsp3) is 0.702. The first kappa shape index (κ1) is 45.5. The van der Waals surface area contributed by atoms with Gasteiger partial charge in [-0.2, -0.15) is 0 Å². The predicted molar refractivity (Wildman–Crippen MR) is 218 cm³/mol. The standard InChI is InChI=1S/C47H76O5/c1-6-9-12-14-16-20-43(21-17-15-13-10-7-2)51-45(48)22-18-37-47(50,36-11-8-3)38-19-23-46(49)52-44(34-32-41-28-24-39(4)25-29-41)35-33-42-30-26-40(5)27-31-42/h24-31,43-44,50H,6-23,32-38H2,1-5H3. The van der Waals surface area contributed by atoms with Crippen LogP contribution in [0.1, 0.15) is 191 Å². The third-order valence-electron chi connectivity index (χ3n) is 10.6. The molecule has 294 valence electrons. The number of carbonyl (C=O) groups is 2. The van der Waals surface area contributed by atoms with Gasteiger partial charge in [-0.3, -0.25) is 9.59 Å². The van der Waals surface area contributed by atoms with Crippen LogP contribution in [0.25, 0.3) is 0 Å². The second-order valence-corrected chi connectivity index (χ2v) is 15.7. The molecular weight excluding hydrogens is 645 g/mol. The van der Waals surface area contributed by atoms with Crippen molar-refractivity contribution in [2.45, 2.75) is 213 Å². The molecule has 0 saturated carbocycles. The van der Waals surface area contributed by atoms with Crippen molar-refractivity contribution in [2.75, 3.05) is 0 Å². The number of rotatable bonds is 31. The Hall–Kier alpha value is -2.66. The average molecular weight is 721 g/mol. The van der Waals surface area contributed by atoms with Crippen LogP contribution < -0.4 is 0 Å². The van der Waals surface area contributed by atoms with Gasteiger partial charge >= 0.3 is 11.9 Å². The van der Waals surface area contributed by atoms with E-state index in [0.717, 1.165) is 64.2 Å². The van der Waals surface area contributed by atoms with E-state index in [1.807, 2.05) is 0 Å². The summed E-state index contributed by atoms with van der Waals surface area (Å²) in [6.07, 6.45) is 22.7. The van der Waals surface area contributed by atoms with Crippen molar-refractivity contribution in [1.82, 2.24) is 0 Å². The highest BCUT2D eigenvalue weighted by atomic mass is 16.5. The lowest BCUT2D eigenvalue weighted by Crippen LogP contribution is -2.29. The molecule has 0 aliphatic rings. The van der Waals surface area contributed by atoms with Crippen LogP contribution in [0, 0.1) is 13.8 Å². The first-order valence-corrected chi connectivity index (χ1v) is 21.4. The minimum absolute atomic E-state index is 0.0124. The van der Waals surface area contributed by atoms with Gasteiger partial charge in [0.05, 0.1) is 5.60 Å². The van der Waals surface area contributed by atoms with Crippen LogP contribution in [0.4, 0.5) is 0 Å². The van der Waals surface area contributed by atoms with Crippen LogP contribution in [-0.2, 0) is 31.9 Å². The summed E-state index contributed by atoms with van der Waals surface area (Å²) in [7, 11) is 0. The van der Waals surface area contributed by atoms with Gasteiger partial charge in [-0.15, -0.1) is 0 Å². The smallest absolute Gasteiger partial charge is 0.306 e. The van der Waals surface area contributed by atoms with E-state index in [0.29, 0.717) is 44.9 Å². The van der Waals surface area contributed by atoms with Crippen molar-refractivity contribution in [2.24, 2.45) is 0 Å². The van der Waals surface area contributed by atoms with Crippen LogP contribution in [0.5, 0.6) is 0 Å². The Morgan fingerprint density at radius 1 is 0.519 bits per heavy atom. The number of benzene rings is 2. The van der Waals surface area contributed by atoms with Crippen LogP contribution in [0.15, 0.2) is 48.5 Å². The minimum atomic E-state index is -0.884. The lowest BCUT2D eigenvalue weighted by atomic mass is 9.86. The summed E-state index contributed by atoms with van der Waals surface area (Å²) in [5, 5.41) is 11.7. The Labute approximate surface area is 319 Å². The zero-order valence-corrected chi connectivity index (χ0v) is 34.0.